The lowest BCUT2D eigenvalue weighted by Gasteiger charge is -2.54. The van der Waals surface area contributed by atoms with Crippen molar-refractivity contribution in [1.82, 2.24) is 9.55 Å². The highest BCUT2D eigenvalue weighted by Gasteiger charge is 2.50. The number of hydrogen-bond donors (Lipinski definition) is 1. The molecular weight excluding hydrogens is 252 g/mol. The molecule has 0 aromatic carbocycles. The van der Waals surface area contributed by atoms with Crippen LogP contribution >= 0.6 is 0 Å². The van der Waals surface area contributed by atoms with Gasteiger partial charge in [0.1, 0.15) is 0 Å². The predicted octanol–water partition coefficient (Wildman–Crippen LogP) is 3.14. The van der Waals surface area contributed by atoms with Gasteiger partial charge in [0.2, 0.25) is 0 Å². The van der Waals surface area contributed by atoms with Crippen LogP contribution in [0.3, 0.4) is 0 Å². The zero-order valence-electron chi connectivity index (χ0n) is 12.0. The van der Waals surface area contributed by atoms with Crippen molar-refractivity contribution >= 4 is 5.97 Å². The maximum absolute atomic E-state index is 11.6. The molecule has 1 aromatic heterocycles. The molecule has 0 radical (unpaired) electrons. The van der Waals surface area contributed by atoms with E-state index in [1.165, 1.54) is 32.1 Å². The van der Waals surface area contributed by atoms with Gasteiger partial charge in [-0.15, -0.1) is 0 Å². The molecule has 5 rings (SSSR count). The number of carbonyl (C=O) groups is 1. The Morgan fingerprint density at radius 3 is 2.35 bits per heavy atom. The van der Waals surface area contributed by atoms with Crippen LogP contribution in [0.4, 0.5) is 0 Å². The van der Waals surface area contributed by atoms with E-state index in [0.717, 1.165) is 17.5 Å². The van der Waals surface area contributed by atoms with Gasteiger partial charge in [-0.3, -0.25) is 0 Å². The fourth-order valence-corrected chi connectivity index (χ4v) is 5.49. The van der Waals surface area contributed by atoms with E-state index >= 15 is 0 Å². The predicted molar refractivity (Wildman–Crippen MR) is 74.6 cm³/mol. The highest BCUT2D eigenvalue weighted by molar-refractivity contribution is 5.87. The molecule has 4 nitrogen and oxygen atoms in total. The minimum atomic E-state index is -0.812. The molecule has 0 amide bonds. The highest BCUT2D eigenvalue weighted by atomic mass is 16.4. The Morgan fingerprint density at radius 2 is 1.85 bits per heavy atom. The summed E-state index contributed by atoms with van der Waals surface area (Å²) in [5, 5.41) is 9.56. The van der Waals surface area contributed by atoms with E-state index in [0.29, 0.717) is 30.0 Å². The third kappa shape index (κ3) is 1.66. The van der Waals surface area contributed by atoms with Crippen molar-refractivity contribution in [2.24, 2.45) is 23.7 Å². The monoisotopic (exact) mass is 274 g/mol. The molecule has 4 aliphatic rings. The van der Waals surface area contributed by atoms with Crippen LogP contribution in [0.15, 0.2) is 6.33 Å². The van der Waals surface area contributed by atoms with Crippen molar-refractivity contribution < 1.29 is 9.90 Å². The van der Waals surface area contributed by atoms with Crippen LogP contribution in [0.1, 0.15) is 61.1 Å². The van der Waals surface area contributed by atoms with Crippen LogP contribution in [-0.4, -0.2) is 20.6 Å². The molecule has 0 unspecified atom stereocenters. The zero-order chi connectivity index (χ0) is 13.9. The van der Waals surface area contributed by atoms with Gasteiger partial charge in [-0.2, -0.15) is 0 Å². The maximum atomic E-state index is 11.6. The summed E-state index contributed by atoms with van der Waals surface area (Å²) in [5.41, 5.74) is 1.33. The largest absolute Gasteiger partial charge is 0.477 e. The second-order valence-electron chi connectivity index (χ2n) is 7.03. The lowest BCUT2D eigenvalue weighted by atomic mass is 9.51. The van der Waals surface area contributed by atoms with E-state index < -0.39 is 5.97 Å². The van der Waals surface area contributed by atoms with E-state index in [1.54, 1.807) is 10.9 Å². The number of hydrogen-bond acceptors (Lipinski definition) is 2. The lowest BCUT2D eigenvalue weighted by Crippen LogP contribution is -2.44. The summed E-state index contributed by atoms with van der Waals surface area (Å²) in [5.74, 6) is 2.79. The molecule has 4 fully saturated rings. The number of rotatable bonds is 3. The highest BCUT2D eigenvalue weighted by Crippen LogP contribution is 2.59. The number of imidazole rings is 1. The van der Waals surface area contributed by atoms with Gasteiger partial charge in [0.15, 0.2) is 5.69 Å². The summed E-state index contributed by atoms with van der Waals surface area (Å²) in [7, 11) is 0. The molecule has 1 heterocycles. The number of carboxylic acids is 1. The average Bonchev–Trinajstić information content (AvgIpc) is 2.81. The maximum Gasteiger partial charge on any atom is 0.354 e. The topological polar surface area (TPSA) is 55.1 Å². The fourth-order valence-electron chi connectivity index (χ4n) is 5.49. The summed E-state index contributed by atoms with van der Waals surface area (Å²) in [6, 6.07) is 0. The molecule has 0 atom stereocenters. The summed E-state index contributed by atoms with van der Waals surface area (Å²) < 4.78 is 1.79. The molecule has 20 heavy (non-hydrogen) atoms. The van der Waals surface area contributed by atoms with Crippen molar-refractivity contribution in [2.45, 2.75) is 51.5 Å². The molecular formula is C16H22N2O2. The van der Waals surface area contributed by atoms with Crippen molar-refractivity contribution in [3.05, 3.63) is 17.7 Å². The Hall–Kier alpha value is -1.32. The summed E-state index contributed by atoms with van der Waals surface area (Å²) >= 11 is 0. The average molecular weight is 274 g/mol. The smallest absolute Gasteiger partial charge is 0.354 e. The third-order valence-electron chi connectivity index (χ3n) is 5.95. The normalized spacial score (nSPS) is 38.4. The second kappa shape index (κ2) is 4.34. The molecule has 108 valence electrons. The zero-order valence-corrected chi connectivity index (χ0v) is 12.0. The molecule has 1 aromatic rings. The first-order valence-electron chi connectivity index (χ1n) is 7.95. The standard InChI is InChI=1S/C16H22N2O2/c1-2-18-8-17-14(15(18)16(19)20)13-11-4-9-3-10(6-11)7-12(13)5-9/h8-13H,2-7H2,1H3,(H,19,20). The number of aromatic nitrogens is 2. The minimum absolute atomic E-state index is 0.404. The van der Waals surface area contributed by atoms with Crippen LogP contribution in [0, 0.1) is 23.7 Å². The molecule has 0 aliphatic heterocycles. The number of aryl methyl sites for hydroxylation is 1. The van der Waals surface area contributed by atoms with Crippen molar-refractivity contribution in [2.75, 3.05) is 0 Å². The summed E-state index contributed by atoms with van der Waals surface area (Å²) in [4.78, 5) is 16.2. The Bertz CT molecular complexity index is 521. The van der Waals surface area contributed by atoms with E-state index in [1.807, 2.05) is 6.92 Å². The first kappa shape index (κ1) is 12.4. The first-order chi connectivity index (χ1) is 9.67. The van der Waals surface area contributed by atoms with E-state index in [2.05, 4.69) is 4.98 Å². The first-order valence-corrected chi connectivity index (χ1v) is 7.95. The quantitative estimate of drug-likeness (QED) is 0.921. The van der Waals surface area contributed by atoms with Gasteiger partial charge in [-0.1, -0.05) is 0 Å². The van der Waals surface area contributed by atoms with E-state index in [-0.39, 0.29) is 0 Å². The molecule has 4 aliphatic carbocycles. The van der Waals surface area contributed by atoms with Crippen LogP contribution in [0.25, 0.3) is 0 Å². The number of nitrogens with zero attached hydrogens (tertiary/aromatic N) is 2. The van der Waals surface area contributed by atoms with Gasteiger partial charge in [0.05, 0.1) is 12.0 Å². The molecule has 0 saturated heterocycles. The van der Waals surface area contributed by atoms with Crippen molar-refractivity contribution in [3.63, 3.8) is 0 Å². The van der Waals surface area contributed by atoms with E-state index in [4.69, 9.17) is 0 Å². The van der Waals surface area contributed by atoms with Gasteiger partial charge >= 0.3 is 5.97 Å². The van der Waals surface area contributed by atoms with Gasteiger partial charge < -0.3 is 9.67 Å². The van der Waals surface area contributed by atoms with Crippen LogP contribution in [0.5, 0.6) is 0 Å². The molecule has 4 bridgehead atoms. The fraction of sp³-hybridized carbons (Fsp3) is 0.750. The summed E-state index contributed by atoms with van der Waals surface area (Å²) in [6.45, 7) is 2.66. The lowest BCUT2D eigenvalue weighted by molar-refractivity contribution is -0.00448. The van der Waals surface area contributed by atoms with Gasteiger partial charge in [-0.25, -0.2) is 9.78 Å². The SMILES string of the molecule is CCn1cnc(C2C3CC4CC(C3)CC2C4)c1C(=O)O. The Morgan fingerprint density at radius 1 is 1.25 bits per heavy atom. The number of carboxylic acid groups (broad SMARTS) is 1. The molecule has 1 N–H and O–H groups in total. The minimum Gasteiger partial charge on any atom is -0.477 e. The van der Waals surface area contributed by atoms with E-state index in [9.17, 15) is 9.90 Å². The second-order valence-corrected chi connectivity index (χ2v) is 7.03. The van der Waals surface area contributed by atoms with Crippen LogP contribution < -0.4 is 0 Å². The Kier molecular flexibility index (Phi) is 2.69. The van der Waals surface area contributed by atoms with Gasteiger partial charge in [0.25, 0.3) is 0 Å². The Balaban J connectivity index is 1.74. The molecule has 4 saturated carbocycles. The Labute approximate surface area is 119 Å². The van der Waals surface area contributed by atoms with Gasteiger partial charge in [0, 0.05) is 12.5 Å². The van der Waals surface area contributed by atoms with Crippen LogP contribution in [-0.2, 0) is 6.54 Å². The molecule has 0 spiro atoms. The van der Waals surface area contributed by atoms with Crippen molar-refractivity contribution in [1.29, 1.82) is 0 Å². The number of aromatic carboxylic acids is 1. The van der Waals surface area contributed by atoms with Crippen molar-refractivity contribution in [3.8, 4) is 0 Å². The van der Waals surface area contributed by atoms with Crippen LogP contribution in [0.2, 0.25) is 0 Å². The summed E-state index contributed by atoms with van der Waals surface area (Å²) in [6.07, 6.45) is 8.36. The van der Waals surface area contributed by atoms with Gasteiger partial charge in [-0.05, 0) is 62.7 Å². The molecule has 4 heteroatoms. The third-order valence-corrected chi connectivity index (χ3v) is 5.95.